The number of pyridine rings is 1. The Morgan fingerprint density at radius 1 is 1.53 bits per heavy atom. The first-order valence-electron chi connectivity index (χ1n) is 5.66. The van der Waals surface area contributed by atoms with Gasteiger partial charge in [-0.05, 0) is 40.9 Å². The summed E-state index contributed by atoms with van der Waals surface area (Å²) < 4.78 is 0.709. The maximum atomic E-state index is 12.1. The van der Waals surface area contributed by atoms with E-state index in [-0.39, 0.29) is 11.4 Å². The van der Waals surface area contributed by atoms with Crippen molar-refractivity contribution >= 4 is 33.4 Å². The van der Waals surface area contributed by atoms with Gasteiger partial charge in [0.05, 0.1) is 5.54 Å². The van der Waals surface area contributed by atoms with Gasteiger partial charge in [-0.3, -0.25) is 4.79 Å². The second kappa shape index (κ2) is 5.36. The van der Waals surface area contributed by atoms with Gasteiger partial charge in [0, 0.05) is 16.5 Å². The highest BCUT2D eigenvalue weighted by Crippen LogP contribution is 2.31. The molecule has 0 spiro atoms. The van der Waals surface area contributed by atoms with Crippen LogP contribution in [0.4, 0.5) is 0 Å². The number of carbonyl (C=O) groups excluding carboxylic acids is 1. The Hall–Kier alpha value is -0.610. The number of nitrogens with zero attached hydrogens (tertiary/aromatic N) is 1. The molecule has 1 aromatic heterocycles. The van der Waals surface area contributed by atoms with E-state index in [4.69, 9.17) is 11.6 Å². The molecule has 1 fully saturated rings. The maximum absolute atomic E-state index is 12.1. The first-order chi connectivity index (χ1) is 8.17. The van der Waals surface area contributed by atoms with E-state index in [0.29, 0.717) is 16.0 Å². The summed E-state index contributed by atoms with van der Waals surface area (Å²) >= 11 is 9.32. The van der Waals surface area contributed by atoms with Crippen molar-refractivity contribution in [3.05, 3.63) is 28.5 Å². The van der Waals surface area contributed by atoms with E-state index in [9.17, 15) is 4.79 Å². The molecule has 0 aliphatic heterocycles. The van der Waals surface area contributed by atoms with Crippen molar-refractivity contribution in [2.24, 2.45) is 0 Å². The highest BCUT2D eigenvalue weighted by Gasteiger charge is 2.35. The number of alkyl halides is 1. The van der Waals surface area contributed by atoms with Gasteiger partial charge in [-0.25, -0.2) is 4.98 Å². The van der Waals surface area contributed by atoms with Crippen LogP contribution in [-0.2, 0) is 0 Å². The fourth-order valence-electron chi connectivity index (χ4n) is 2.20. The molecule has 0 atom stereocenters. The molecule has 1 N–H and O–H groups in total. The monoisotopic (exact) mass is 316 g/mol. The lowest BCUT2D eigenvalue weighted by Crippen LogP contribution is -2.48. The molecule has 3 nitrogen and oxygen atoms in total. The third-order valence-electron chi connectivity index (χ3n) is 3.17. The molecule has 0 bridgehead atoms. The average Bonchev–Trinajstić information content (AvgIpc) is 2.79. The number of hydrogen-bond acceptors (Lipinski definition) is 2. The van der Waals surface area contributed by atoms with E-state index in [1.165, 1.54) is 0 Å². The molecule has 0 aromatic carbocycles. The van der Waals surface area contributed by atoms with Gasteiger partial charge in [-0.15, -0.1) is 11.6 Å². The third kappa shape index (κ3) is 2.80. The van der Waals surface area contributed by atoms with Crippen LogP contribution in [0.2, 0.25) is 0 Å². The largest absolute Gasteiger partial charge is 0.344 e. The molecule has 1 amide bonds. The number of aromatic nitrogens is 1. The minimum atomic E-state index is -0.240. The minimum Gasteiger partial charge on any atom is -0.344 e. The van der Waals surface area contributed by atoms with Crippen LogP contribution in [-0.4, -0.2) is 22.3 Å². The Morgan fingerprint density at radius 3 is 2.82 bits per heavy atom. The molecule has 1 heterocycles. The Bertz CT molecular complexity index is 419. The van der Waals surface area contributed by atoms with Gasteiger partial charge in [-0.2, -0.15) is 0 Å². The maximum Gasteiger partial charge on any atom is 0.271 e. The lowest BCUT2D eigenvalue weighted by atomic mass is 10.0. The fraction of sp³-hybridized carbons (Fsp3) is 0.500. The Balaban J connectivity index is 2.14. The molecular weight excluding hydrogens is 304 g/mol. The second-order valence-corrected chi connectivity index (χ2v) is 5.53. The standard InChI is InChI=1S/C12H14BrClN2O/c13-9-4-3-7-15-10(9)11(17)16-12(8-14)5-1-2-6-12/h3-4,7H,1-2,5-6,8H2,(H,16,17). The summed E-state index contributed by atoms with van der Waals surface area (Å²) in [4.78, 5) is 16.2. The molecule has 92 valence electrons. The van der Waals surface area contributed by atoms with E-state index in [1.807, 2.05) is 6.07 Å². The highest BCUT2D eigenvalue weighted by atomic mass is 79.9. The van der Waals surface area contributed by atoms with E-state index in [2.05, 4.69) is 26.2 Å². The van der Waals surface area contributed by atoms with Crippen molar-refractivity contribution in [1.82, 2.24) is 10.3 Å². The number of hydrogen-bond donors (Lipinski definition) is 1. The summed E-state index contributed by atoms with van der Waals surface area (Å²) in [7, 11) is 0. The van der Waals surface area contributed by atoms with Gasteiger partial charge in [0.15, 0.2) is 0 Å². The van der Waals surface area contributed by atoms with Gasteiger partial charge >= 0.3 is 0 Å². The summed E-state index contributed by atoms with van der Waals surface area (Å²) in [6.45, 7) is 0. The van der Waals surface area contributed by atoms with Gasteiger partial charge in [0.2, 0.25) is 0 Å². The molecule has 5 heteroatoms. The molecular formula is C12H14BrClN2O. The van der Waals surface area contributed by atoms with Gasteiger partial charge in [0.25, 0.3) is 5.91 Å². The molecule has 1 aliphatic carbocycles. The van der Waals surface area contributed by atoms with Gasteiger partial charge < -0.3 is 5.32 Å². The number of amides is 1. The topological polar surface area (TPSA) is 42.0 Å². The van der Waals surface area contributed by atoms with Gasteiger partial charge in [0.1, 0.15) is 5.69 Å². The van der Waals surface area contributed by atoms with Crippen LogP contribution >= 0.6 is 27.5 Å². The zero-order valence-corrected chi connectivity index (χ0v) is 11.7. The van der Waals surface area contributed by atoms with Crippen LogP contribution in [0.5, 0.6) is 0 Å². The molecule has 0 unspecified atom stereocenters. The van der Waals surface area contributed by atoms with Gasteiger partial charge in [-0.1, -0.05) is 12.8 Å². The van der Waals surface area contributed by atoms with Crippen molar-refractivity contribution in [3.8, 4) is 0 Å². The molecule has 17 heavy (non-hydrogen) atoms. The van der Waals surface area contributed by atoms with Crippen molar-refractivity contribution in [2.75, 3.05) is 5.88 Å². The molecule has 1 saturated carbocycles. The molecule has 1 aliphatic rings. The number of carbonyl (C=O) groups is 1. The zero-order chi connectivity index (χ0) is 12.3. The average molecular weight is 318 g/mol. The van der Waals surface area contributed by atoms with Crippen LogP contribution in [0.15, 0.2) is 22.8 Å². The number of rotatable bonds is 3. The van der Waals surface area contributed by atoms with E-state index < -0.39 is 0 Å². The van der Waals surface area contributed by atoms with Crippen LogP contribution < -0.4 is 5.32 Å². The molecule has 1 aromatic rings. The van der Waals surface area contributed by atoms with Crippen molar-refractivity contribution in [3.63, 3.8) is 0 Å². The Kier molecular flexibility index (Phi) is 4.05. The summed E-state index contributed by atoms with van der Waals surface area (Å²) in [5.74, 6) is 0.309. The zero-order valence-electron chi connectivity index (χ0n) is 9.38. The highest BCUT2D eigenvalue weighted by molar-refractivity contribution is 9.10. The molecule has 0 radical (unpaired) electrons. The Labute approximate surface area is 114 Å². The summed E-state index contributed by atoms with van der Waals surface area (Å²) in [6.07, 6.45) is 5.76. The molecule has 0 saturated heterocycles. The van der Waals surface area contributed by atoms with Crippen molar-refractivity contribution in [1.29, 1.82) is 0 Å². The third-order valence-corrected chi connectivity index (χ3v) is 4.32. The second-order valence-electron chi connectivity index (χ2n) is 4.41. The van der Waals surface area contributed by atoms with Crippen LogP contribution in [0.3, 0.4) is 0 Å². The van der Waals surface area contributed by atoms with Crippen molar-refractivity contribution < 1.29 is 4.79 Å². The van der Waals surface area contributed by atoms with E-state index >= 15 is 0 Å². The summed E-state index contributed by atoms with van der Waals surface area (Å²) in [6, 6.07) is 3.59. The Morgan fingerprint density at radius 2 is 2.24 bits per heavy atom. The first-order valence-corrected chi connectivity index (χ1v) is 6.99. The molecule has 2 rings (SSSR count). The van der Waals surface area contributed by atoms with Crippen LogP contribution in [0, 0.1) is 0 Å². The summed E-state index contributed by atoms with van der Waals surface area (Å²) in [5, 5.41) is 3.04. The van der Waals surface area contributed by atoms with E-state index in [1.54, 1.807) is 12.3 Å². The van der Waals surface area contributed by atoms with Crippen molar-refractivity contribution in [2.45, 2.75) is 31.2 Å². The van der Waals surface area contributed by atoms with Crippen LogP contribution in [0.25, 0.3) is 0 Å². The first kappa shape index (κ1) is 12.8. The SMILES string of the molecule is O=C(NC1(CCl)CCCC1)c1ncccc1Br. The minimum absolute atomic E-state index is 0.153. The lowest BCUT2D eigenvalue weighted by Gasteiger charge is -2.27. The predicted octanol–water partition coefficient (Wildman–Crippen LogP) is 3.13. The quantitative estimate of drug-likeness (QED) is 0.870. The lowest BCUT2D eigenvalue weighted by molar-refractivity contribution is 0.0903. The normalized spacial score (nSPS) is 18.0. The smallest absolute Gasteiger partial charge is 0.271 e. The number of nitrogens with one attached hydrogen (secondary N) is 1. The number of halogens is 2. The van der Waals surface area contributed by atoms with E-state index in [0.717, 1.165) is 25.7 Å². The predicted molar refractivity (Wildman–Crippen MR) is 71.3 cm³/mol. The summed E-state index contributed by atoms with van der Waals surface area (Å²) in [5.41, 5.74) is 0.180. The fourth-order valence-corrected chi connectivity index (χ4v) is 2.97. The van der Waals surface area contributed by atoms with Crippen LogP contribution in [0.1, 0.15) is 36.2 Å².